The Hall–Kier alpha value is -1.87. The minimum Gasteiger partial charge on any atom is -0.444 e. The minimum atomic E-state index is -4.59. The molecule has 150 valence electrons. The molecule has 0 aromatic carbocycles. The second kappa shape index (κ2) is 6.63. The molecule has 3 heterocycles. The number of fused-ring (bicyclic) bond motifs is 2. The van der Waals surface area contributed by atoms with E-state index in [1.54, 1.807) is 20.8 Å². The van der Waals surface area contributed by atoms with Crippen molar-refractivity contribution in [2.24, 2.45) is 0 Å². The Bertz CT molecular complexity index is 703. The van der Waals surface area contributed by atoms with Gasteiger partial charge in [-0.15, -0.1) is 0 Å². The first-order valence-corrected chi connectivity index (χ1v) is 8.75. The number of rotatable bonds is 1. The van der Waals surface area contributed by atoms with Gasteiger partial charge >= 0.3 is 12.3 Å². The smallest absolute Gasteiger partial charge is 0.433 e. The van der Waals surface area contributed by atoms with Crippen LogP contribution in [0.3, 0.4) is 0 Å². The molecule has 27 heavy (non-hydrogen) atoms. The van der Waals surface area contributed by atoms with Crippen LogP contribution in [0.2, 0.25) is 0 Å². The highest BCUT2D eigenvalue weighted by Gasteiger charge is 2.50. The fourth-order valence-corrected chi connectivity index (χ4v) is 3.65. The molecule has 2 unspecified atom stereocenters. The van der Waals surface area contributed by atoms with Gasteiger partial charge in [0.2, 0.25) is 0 Å². The number of nitrogens with zero attached hydrogens (tertiary/aromatic N) is 2. The van der Waals surface area contributed by atoms with Gasteiger partial charge in [0.25, 0.3) is 0 Å². The number of ether oxygens (including phenoxy) is 2. The van der Waals surface area contributed by atoms with Crippen LogP contribution in [0, 0.1) is 0 Å². The molecule has 0 radical (unpaired) electrons. The van der Waals surface area contributed by atoms with Crippen LogP contribution < -0.4 is 0 Å². The Morgan fingerprint density at radius 3 is 2.37 bits per heavy atom. The van der Waals surface area contributed by atoms with Gasteiger partial charge in [-0.1, -0.05) is 6.07 Å². The van der Waals surface area contributed by atoms with E-state index in [9.17, 15) is 23.1 Å². The summed E-state index contributed by atoms with van der Waals surface area (Å²) in [7, 11) is 0. The van der Waals surface area contributed by atoms with Crippen LogP contribution in [0.4, 0.5) is 18.0 Å². The summed E-state index contributed by atoms with van der Waals surface area (Å²) in [5, 5.41) is 11.1. The quantitative estimate of drug-likeness (QED) is 0.801. The number of alkyl halides is 3. The Morgan fingerprint density at radius 1 is 1.26 bits per heavy atom. The van der Waals surface area contributed by atoms with Gasteiger partial charge in [0, 0.05) is 12.8 Å². The summed E-state index contributed by atoms with van der Waals surface area (Å²) >= 11 is 0. The Labute approximate surface area is 155 Å². The lowest BCUT2D eigenvalue weighted by Gasteiger charge is -2.51. The fraction of sp³-hybridized carbons (Fsp3) is 0.667. The van der Waals surface area contributed by atoms with Crippen molar-refractivity contribution < 1.29 is 32.5 Å². The van der Waals surface area contributed by atoms with E-state index < -0.39 is 41.2 Å². The van der Waals surface area contributed by atoms with Gasteiger partial charge in [-0.05, 0) is 32.9 Å². The first-order valence-electron chi connectivity index (χ1n) is 8.75. The van der Waals surface area contributed by atoms with Gasteiger partial charge in [-0.25, -0.2) is 9.78 Å². The molecular formula is C18H23F3N2O4. The summed E-state index contributed by atoms with van der Waals surface area (Å²) in [6.07, 6.45) is -5.06. The van der Waals surface area contributed by atoms with Crippen molar-refractivity contribution >= 4 is 6.09 Å². The zero-order valence-corrected chi connectivity index (χ0v) is 15.4. The molecule has 1 aromatic rings. The standard InChI is InChI=1S/C18H23F3N2O4/c1-16(2,3)27-15(24)23-11-7-17(25,8-12(23)10-26-9-11)13-5-4-6-14(22-13)18(19,20)21/h4-6,11-12,25H,7-10H2,1-3H3. The van der Waals surface area contributed by atoms with Gasteiger partial charge in [-0.3, -0.25) is 4.90 Å². The van der Waals surface area contributed by atoms with Crippen molar-refractivity contribution in [1.82, 2.24) is 9.88 Å². The molecular weight excluding hydrogens is 365 g/mol. The lowest BCUT2D eigenvalue weighted by molar-refractivity contribution is -0.147. The van der Waals surface area contributed by atoms with Gasteiger partial charge < -0.3 is 14.6 Å². The van der Waals surface area contributed by atoms with Gasteiger partial charge in [-0.2, -0.15) is 13.2 Å². The average Bonchev–Trinajstić information content (AvgIpc) is 2.51. The molecule has 1 N–H and O–H groups in total. The summed E-state index contributed by atoms with van der Waals surface area (Å²) in [5.41, 5.74) is -3.34. The Kier molecular flexibility index (Phi) is 4.88. The fourth-order valence-electron chi connectivity index (χ4n) is 3.65. The van der Waals surface area contributed by atoms with Gasteiger partial charge in [0.05, 0.1) is 31.0 Å². The average molecular weight is 388 g/mol. The van der Waals surface area contributed by atoms with E-state index in [1.165, 1.54) is 17.0 Å². The summed E-state index contributed by atoms with van der Waals surface area (Å²) in [6.45, 7) is 5.62. The first kappa shape index (κ1) is 19.9. The van der Waals surface area contributed by atoms with Crippen LogP contribution in [0.15, 0.2) is 18.2 Å². The molecule has 2 fully saturated rings. The van der Waals surface area contributed by atoms with E-state index in [-0.39, 0.29) is 31.7 Å². The number of pyridine rings is 1. The largest absolute Gasteiger partial charge is 0.444 e. The molecule has 2 aliphatic rings. The number of morpholine rings is 1. The van der Waals surface area contributed by atoms with Crippen LogP contribution in [0.25, 0.3) is 0 Å². The van der Waals surface area contributed by atoms with Crippen LogP contribution in [0.5, 0.6) is 0 Å². The molecule has 0 spiro atoms. The van der Waals surface area contributed by atoms with Crippen molar-refractivity contribution in [2.45, 2.75) is 63.1 Å². The van der Waals surface area contributed by atoms with E-state index in [2.05, 4.69) is 4.98 Å². The number of piperidine rings is 1. The molecule has 3 rings (SSSR count). The van der Waals surface area contributed by atoms with E-state index in [0.717, 1.165) is 6.07 Å². The summed E-state index contributed by atoms with van der Waals surface area (Å²) in [4.78, 5) is 17.7. The third-order valence-corrected chi connectivity index (χ3v) is 4.67. The highest BCUT2D eigenvalue weighted by atomic mass is 19.4. The van der Waals surface area contributed by atoms with Crippen molar-refractivity contribution in [3.8, 4) is 0 Å². The normalized spacial score (nSPS) is 28.8. The predicted molar refractivity (Wildman–Crippen MR) is 88.8 cm³/mol. The first-order chi connectivity index (χ1) is 12.4. The lowest BCUT2D eigenvalue weighted by Crippen LogP contribution is -2.63. The van der Waals surface area contributed by atoms with Gasteiger partial charge in [0.15, 0.2) is 0 Å². The van der Waals surface area contributed by atoms with Crippen LogP contribution in [-0.2, 0) is 21.3 Å². The summed E-state index contributed by atoms with van der Waals surface area (Å²) in [6, 6.07) is 2.47. The van der Waals surface area contributed by atoms with E-state index in [0.29, 0.717) is 0 Å². The maximum atomic E-state index is 13.0. The van der Waals surface area contributed by atoms with Crippen LogP contribution in [-0.4, -0.2) is 52.0 Å². The number of aromatic nitrogens is 1. The third-order valence-electron chi connectivity index (χ3n) is 4.67. The molecule has 2 bridgehead atoms. The molecule has 2 saturated heterocycles. The van der Waals surface area contributed by atoms with Crippen molar-refractivity contribution in [1.29, 1.82) is 0 Å². The molecule has 2 aliphatic heterocycles. The van der Waals surface area contributed by atoms with Crippen LogP contribution in [0.1, 0.15) is 45.0 Å². The maximum absolute atomic E-state index is 13.0. The number of hydrogen-bond acceptors (Lipinski definition) is 5. The predicted octanol–water partition coefficient (Wildman–Crippen LogP) is 3.09. The SMILES string of the molecule is CC(C)(C)OC(=O)N1C2COCC1CC(O)(c1cccc(C(F)(F)F)n1)C2. The Balaban J connectivity index is 1.86. The zero-order chi connectivity index (χ0) is 20.0. The number of halogens is 3. The number of aliphatic hydroxyl groups is 1. The minimum absolute atomic E-state index is 0.0249. The molecule has 0 saturated carbocycles. The Morgan fingerprint density at radius 2 is 1.85 bits per heavy atom. The van der Waals surface area contributed by atoms with E-state index in [4.69, 9.17) is 9.47 Å². The number of carbonyl (C=O) groups excluding carboxylic acids is 1. The highest BCUT2D eigenvalue weighted by Crippen LogP contribution is 2.41. The zero-order valence-electron chi connectivity index (χ0n) is 15.4. The molecule has 9 heteroatoms. The van der Waals surface area contributed by atoms with Crippen molar-refractivity contribution in [3.63, 3.8) is 0 Å². The molecule has 1 aromatic heterocycles. The number of hydrogen-bond donors (Lipinski definition) is 1. The summed E-state index contributed by atoms with van der Waals surface area (Å²) in [5.74, 6) is 0. The van der Waals surface area contributed by atoms with E-state index >= 15 is 0 Å². The van der Waals surface area contributed by atoms with Crippen molar-refractivity contribution in [3.05, 3.63) is 29.6 Å². The monoisotopic (exact) mass is 388 g/mol. The molecule has 0 aliphatic carbocycles. The maximum Gasteiger partial charge on any atom is 0.433 e. The lowest BCUT2D eigenvalue weighted by atomic mass is 9.79. The molecule has 2 atom stereocenters. The number of carbonyl (C=O) groups is 1. The van der Waals surface area contributed by atoms with Crippen molar-refractivity contribution in [2.75, 3.05) is 13.2 Å². The second-order valence-electron chi connectivity index (χ2n) is 8.08. The number of amides is 1. The van der Waals surface area contributed by atoms with Crippen LogP contribution >= 0.6 is 0 Å². The van der Waals surface area contributed by atoms with Gasteiger partial charge in [0.1, 0.15) is 16.9 Å². The molecule has 1 amide bonds. The summed E-state index contributed by atoms with van der Waals surface area (Å²) < 4.78 is 49.9. The van der Waals surface area contributed by atoms with E-state index in [1.807, 2.05) is 0 Å². The third kappa shape index (κ3) is 4.19. The highest BCUT2D eigenvalue weighted by molar-refractivity contribution is 5.69. The molecule has 6 nitrogen and oxygen atoms in total. The second-order valence-corrected chi connectivity index (χ2v) is 8.08. The topological polar surface area (TPSA) is 71.9 Å².